The Balaban J connectivity index is 1.75. The van der Waals surface area contributed by atoms with Crippen LogP contribution < -0.4 is 5.32 Å². The number of hydrogen-bond acceptors (Lipinski definition) is 5. The van der Waals surface area contributed by atoms with E-state index in [0.29, 0.717) is 16.6 Å². The van der Waals surface area contributed by atoms with Gasteiger partial charge >= 0.3 is 5.97 Å². The van der Waals surface area contributed by atoms with Crippen LogP contribution in [0.3, 0.4) is 0 Å². The summed E-state index contributed by atoms with van der Waals surface area (Å²) in [6.07, 6.45) is 3.13. The molecule has 0 aromatic carbocycles. The van der Waals surface area contributed by atoms with Crippen LogP contribution in [0.1, 0.15) is 67.5 Å². The van der Waals surface area contributed by atoms with Crippen LogP contribution in [0.5, 0.6) is 0 Å². The van der Waals surface area contributed by atoms with Crippen molar-refractivity contribution in [3.8, 4) is 0 Å². The highest BCUT2D eigenvalue weighted by molar-refractivity contribution is 7.13. The van der Waals surface area contributed by atoms with Gasteiger partial charge in [-0.2, -0.15) is 0 Å². The number of hydrogen-bond donors (Lipinski definition) is 2. The van der Waals surface area contributed by atoms with E-state index in [2.05, 4.69) is 17.2 Å². The van der Waals surface area contributed by atoms with Crippen molar-refractivity contribution < 1.29 is 14.7 Å². The van der Waals surface area contributed by atoms with E-state index >= 15 is 0 Å². The number of amides is 1. The van der Waals surface area contributed by atoms with Crippen LogP contribution in [0.25, 0.3) is 0 Å². The largest absolute Gasteiger partial charge is 0.477 e. The highest BCUT2D eigenvalue weighted by Crippen LogP contribution is 2.33. The van der Waals surface area contributed by atoms with E-state index in [9.17, 15) is 9.59 Å². The zero-order chi connectivity index (χ0) is 17.4. The number of fused-ring (bicyclic) bond motifs is 1. The second-order valence-electron chi connectivity index (χ2n) is 6.37. The Morgan fingerprint density at radius 1 is 1.46 bits per heavy atom. The van der Waals surface area contributed by atoms with Crippen LogP contribution >= 0.6 is 22.7 Å². The predicted molar refractivity (Wildman–Crippen MR) is 95.2 cm³/mol. The Morgan fingerprint density at radius 3 is 2.88 bits per heavy atom. The molecule has 3 rings (SSSR count). The topological polar surface area (TPSA) is 79.3 Å². The van der Waals surface area contributed by atoms with Gasteiger partial charge in [0.15, 0.2) is 0 Å². The molecule has 0 spiro atoms. The van der Waals surface area contributed by atoms with Crippen molar-refractivity contribution in [2.24, 2.45) is 5.92 Å². The predicted octanol–water partition coefficient (Wildman–Crippen LogP) is 3.83. The Kier molecular flexibility index (Phi) is 4.73. The van der Waals surface area contributed by atoms with Gasteiger partial charge in [0.25, 0.3) is 5.91 Å². The smallest absolute Gasteiger partial charge is 0.347 e. The minimum atomic E-state index is -0.976. The molecule has 24 heavy (non-hydrogen) atoms. The number of thiophene rings is 1. The van der Waals surface area contributed by atoms with E-state index in [-0.39, 0.29) is 16.8 Å². The molecule has 7 heteroatoms. The molecule has 2 N–H and O–H groups in total. The first-order chi connectivity index (χ1) is 11.4. The highest BCUT2D eigenvalue weighted by atomic mass is 32.1. The number of aromatic nitrogens is 1. The maximum Gasteiger partial charge on any atom is 0.347 e. The second-order valence-corrected chi connectivity index (χ2v) is 8.36. The molecule has 2 heterocycles. The quantitative estimate of drug-likeness (QED) is 0.864. The van der Waals surface area contributed by atoms with Gasteiger partial charge in [-0.25, -0.2) is 9.78 Å². The molecule has 2 atom stereocenters. The SMILES string of the molecule is Cc1nc(C(C)NC(=O)c2csc3c2CCC(C)C3)sc1C(=O)O. The lowest BCUT2D eigenvalue weighted by Gasteiger charge is -2.19. The summed E-state index contributed by atoms with van der Waals surface area (Å²) in [5, 5.41) is 14.7. The van der Waals surface area contributed by atoms with Crippen LogP contribution in [-0.2, 0) is 12.8 Å². The Hall–Kier alpha value is -1.73. The van der Waals surface area contributed by atoms with Crippen molar-refractivity contribution >= 4 is 34.6 Å². The molecule has 1 amide bonds. The molecule has 0 saturated heterocycles. The minimum absolute atomic E-state index is 0.0979. The van der Waals surface area contributed by atoms with E-state index in [1.54, 1.807) is 18.3 Å². The molecule has 5 nitrogen and oxygen atoms in total. The number of carbonyl (C=O) groups excluding carboxylic acids is 1. The molecule has 2 unspecified atom stereocenters. The monoisotopic (exact) mass is 364 g/mol. The first-order valence-corrected chi connectivity index (χ1v) is 9.67. The third kappa shape index (κ3) is 3.23. The zero-order valence-electron chi connectivity index (χ0n) is 13.9. The minimum Gasteiger partial charge on any atom is -0.477 e. The van der Waals surface area contributed by atoms with Crippen LogP contribution in [0.4, 0.5) is 0 Å². The normalized spacial score (nSPS) is 18.0. The number of thiazole rings is 1. The molecule has 0 aliphatic heterocycles. The van der Waals surface area contributed by atoms with Gasteiger partial charge in [-0.05, 0) is 44.6 Å². The zero-order valence-corrected chi connectivity index (χ0v) is 15.5. The Morgan fingerprint density at radius 2 is 2.21 bits per heavy atom. The van der Waals surface area contributed by atoms with Gasteiger partial charge in [0.2, 0.25) is 0 Å². The van der Waals surface area contributed by atoms with Crippen molar-refractivity contribution in [2.75, 3.05) is 0 Å². The summed E-state index contributed by atoms with van der Waals surface area (Å²) in [7, 11) is 0. The van der Waals surface area contributed by atoms with Gasteiger partial charge in [0, 0.05) is 10.3 Å². The van der Waals surface area contributed by atoms with Gasteiger partial charge in [0.1, 0.15) is 9.88 Å². The van der Waals surface area contributed by atoms with Crippen LogP contribution in [0, 0.1) is 12.8 Å². The summed E-state index contributed by atoms with van der Waals surface area (Å²) in [5.74, 6) is -0.395. The van der Waals surface area contributed by atoms with E-state index in [1.807, 2.05) is 12.3 Å². The summed E-state index contributed by atoms with van der Waals surface area (Å²) in [6, 6.07) is -0.313. The number of carbonyl (C=O) groups is 2. The van der Waals surface area contributed by atoms with Gasteiger partial charge in [-0.1, -0.05) is 6.92 Å². The van der Waals surface area contributed by atoms with Crippen molar-refractivity contribution in [1.29, 1.82) is 0 Å². The second kappa shape index (κ2) is 6.64. The van der Waals surface area contributed by atoms with Gasteiger partial charge in [-0.15, -0.1) is 22.7 Å². The summed E-state index contributed by atoms with van der Waals surface area (Å²) >= 11 is 2.79. The van der Waals surface area contributed by atoms with Crippen LogP contribution in [0.2, 0.25) is 0 Å². The molecule has 2 aromatic rings. The van der Waals surface area contributed by atoms with Crippen molar-refractivity contribution in [3.63, 3.8) is 0 Å². The Labute approximate surface area is 148 Å². The summed E-state index contributed by atoms with van der Waals surface area (Å²) in [5.41, 5.74) is 2.44. The lowest BCUT2D eigenvalue weighted by atomic mass is 9.88. The molecular formula is C17H20N2O3S2. The third-order valence-electron chi connectivity index (χ3n) is 4.37. The number of aryl methyl sites for hydroxylation is 1. The van der Waals surface area contributed by atoms with Gasteiger partial charge in [-0.3, -0.25) is 4.79 Å². The fraction of sp³-hybridized carbons (Fsp3) is 0.471. The molecule has 1 aliphatic rings. The lowest BCUT2D eigenvalue weighted by molar-refractivity contribution is 0.0701. The fourth-order valence-electron chi connectivity index (χ4n) is 3.00. The van der Waals surface area contributed by atoms with Gasteiger partial charge in [0.05, 0.1) is 17.3 Å². The van der Waals surface area contributed by atoms with Crippen molar-refractivity contribution in [3.05, 3.63) is 37.0 Å². The van der Waals surface area contributed by atoms with E-state index < -0.39 is 5.97 Å². The summed E-state index contributed by atoms with van der Waals surface area (Å²) in [6.45, 7) is 5.76. The number of nitrogens with zero attached hydrogens (tertiary/aromatic N) is 1. The van der Waals surface area contributed by atoms with E-state index in [0.717, 1.165) is 36.2 Å². The average molecular weight is 364 g/mol. The summed E-state index contributed by atoms with van der Waals surface area (Å²) in [4.78, 5) is 29.6. The van der Waals surface area contributed by atoms with Crippen LogP contribution in [0.15, 0.2) is 5.38 Å². The molecular weight excluding hydrogens is 344 g/mol. The first kappa shape index (κ1) is 17.1. The Bertz CT molecular complexity index is 794. The maximum absolute atomic E-state index is 12.6. The number of rotatable bonds is 4. The van der Waals surface area contributed by atoms with E-state index in [1.165, 1.54) is 10.4 Å². The molecule has 128 valence electrons. The molecule has 0 fully saturated rings. The van der Waals surface area contributed by atoms with E-state index in [4.69, 9.17) is 5.11 Å². The number of carboxylic acid groups (broad SMARTS) is 1. The molecule has 1 aliphatic carbocycles. The molecule has 0 radical (unpaired) electrons. The fourth-order valence-corrected chi connectivity index (χ4v) is 5.16. The number of carboxylic acids is 1. The summed E-state index contributed by atoms with van der Waals surface area (Å²) < 4.78 is 0. The lowest BCUT2D eigenvalue weighted by Crippen LogP contribution is -2.27. The standard InChI is InChI=1S/C17H20N2O3S2/c1-8-4-5-11-12(7-23-13(11)6-8)15(20)18-10(3)16-19-9(2)14(24-16)17(21)22/h7-8,10H,4-6H2,1-3H3,(H,18,20)(H,21,22). The molecule has 2 aromatic heterocycles. The maximum atomic E-state index is 12.6. The average Bonchev–Trinajstić information content (AvgIpc) is 3.10. The molecule has 0 bridgehead atoms. The van der Waals surface area contributed by atoms with Gasteiger partial charge < -0.3 is 10.4 Å². The first-order valence-electron chi connectivity index (χ1n) is 7.97. The van der Waals surface area contributed by atoms with Crippen LogP contribution in [-0.4, -0.2) is 22.0 Å². The highest BCUT2D eigenvalue weighted by Gasteiger charge is 2.25. The molecule has 0 saturated carbocycles. The number of nitrogens with one attached hydrogen (secondary N) is 1. The van der Waals surface area contributed by atoms with Crippen molar-refractivity contribution in [1.82, 2.24) is 10.3 Å². The van der Waals surface area contributed by atoms with Crippen molar-refractivity contribution in [2.45, 2.75) is 46.1 Å². The number of aromatic carboxylic acids is 1. The third-order valence-corrected chi connectivity index (χ3v) is 6.75.